The quantitative estimate of drug-likeness (QED) is 0.621. The molecule has 100 valence electrons. The van der Waals surface area contributed by atoms with Crippen molar-refractivity contribution < 1.29 is 0 Å². The third-order valence-electron chi connectivity index (χ3n) is 3.28. The Hall–Kier alpha value is -0.980. The lowest BCUT2D eigenvalue weighted by atomic mass is 9.72. The smallest absolute Gasteiger partial charge is 0.0595 e. The second kappa shape index (κ2) is 5.56. The summed E-state index contributed by atoms with van der Waals surface area (Å²) in [6.45, 7) is 6.73. The van der Waals surface area contributed by atoms with Gasteiger partial charge in [-0.1, -0.05) is 80.4 Å². The van der Waals surface area contributed by atoms with Crippen molar-refractivity contribution in [1.29, 1.82) is 0 Å². The Balaban J connectivity index is 2.53. The van der Waals surface area contributed by atoms with Crippen molar-refractivity contribution in [2.45, 2.75) is 26.7 Å². The van der Waals surface area contributed by atoms with Gasteiger partial charge in [0, 0.05) is 5.92 Å². The summed E-state index contributed by atoms with van der Waals surface area (Å²) in [5.74, 6) is 0.295. The van der Waals surface area contributed by atoms with E-state index in [4.69, 9.17) is 23.2 Å². The predicted octanol–water partition coefficient (Wildman–Crippen LogP) is 6.17. The molecule has 0 heterocycles. The zero-order valence-corrected chi connectivity index (χ0v) is 13.0. The van der Waals surface area contributed by atoms with Crippen LogP contribution in [0.4, 0.5) is 0 Å². The monoisotopic (exact) mass is 292 g/mol. The average molecular weight is 293 g/mol. The SMILES string of the molecule is CC(C)(C)C(c1ccccc1)c1ccc(Cl)c(Cl)c1. The van der Waals surface area contributed by atoms with Gasteiger partial charge in [0.05, 0.1) is 10.0 Å². The fourth-order valence-electron chi connectivity index (χ4n) is 2.53. The van der Waals surface area contributed by atoms with Gasteiger partial charge in [0.15, 0.2) is 0 Å². The topological polar surface area (TPSA) is 0 Å². The maximum Gasteiger partial charge on any atom is 0.0595 e. The highest BCUT2D eigenvalue weighted by molar-refractivity contribution is 6.42. The minimum absolute atomic E-state index is 0.110. The second-order valence-corrected chi connectivity index (χ2v) is 6.70. The molecule has 0 aliphatic rings. The molecule has 0 bridgehead atoms. The first-order chi connectivity index (χ1) is 8.89. The van der Waals surface area contributed by atoms with Gasteiger partial charge in [-0.2, -0.15) is 0 Å². The van der Waals surface area contributed by atoms with E-state index >= 15 is 0 Å². The Bertz CT molecular complexity index is 553. The molecule has 0 aromatic heterocycles. The van der Waals surface area contributed by atoms with E-state index in [9.17, 15) is 0 Å². The van der Waals surface area contributed by atoms with Gasteiger partial charge in [-0.15, -0.1) is 0 Å². The lowest BCUT2D eigenvalue weighted by molar-refractivity contribution is 0.358. The molecule has 0 saturated carbocycles. The first kappa shape index (κ1) is 14.4. The fraction of sp³-hybridized carbons (Fsp3) is 0.294. The van der Waals surface area contributed by atoms with Crippen LogP contribution in [-0.4, -0.2) is 0 Å². The molecule has 2 aromatic carbocycles. The van der Waals surface area contributed by atoms with E-state index in [0.717, 1.165) is 0 Å². The molecule has 0 fully saturated rings. The number of rotatable bonds is 2. The van der Waals surface area contributed by atoms with Gasteiger partial charge >= 0.3 is 0 Å². The maximum atomic E-state index is 6.16. The Morgan fingerprint density at radius 2 is 1.42 bits per heavy atom. The van der Waals surface area contributed by atoms with Crippen LogP contribution >= 0.6 is 23.2 Å². The molecule has 1 atom stereocenters. The summed E-state index contributed by atoms with van der Waals surface area (Å²) in [5.41, 5.74) is 2.61. The van der Waals surface area contributed by atoms with Crippen LogP contribution in [-0.2, 0) is 0 Å². The van der Waals surface area contributed by atoms with Crippen molar-refractivity contribution in [3.63, 3.8) is 0 Å². The molecule has 2 aromatic rings. The van der Waals surface area contributed by atoms with Crippen molar-refractivity contribution in [2.75, 3.05) is 0 Å². The van der Waals surface area contributed by atoms with Gasteiger partial charge in [0.25, 0.3) is 0 Å². The molecule has 2 rings (SSSR count). The molecular formula is C17H18Cl2. The molecule has 0 amide bonds. The van der Waals surface area contributed by atoms with Crippen LogP contribution in [0, 0.1) is 5.41 Å². The molecule has 1 unspecified atom stereocenters. The molecule has 0 nitrogen and oxygen atoms in total. The van der Waals surface area contributed by atoms with Crippen LogP contribution in [0.1, 0.15) is 37.8 Å². The Morgan fingerprint density at radius 1 is 0.789 bits per heavy atom. The van der Waals surface area contributed by atoms with Gasteiger partial charge in [-0.25, -0.2) is 0 Å². The van der Waals surface area contributed by atoms with Crippen LogP contribution in [0.3, 0.4) is 0 Å². The third kappa shape index (κ3) is 3.32. The van der Waals surface area contributed by atoms with Crippen LogP contribution in [0.25, 0.3) is 0 Å². The van der Waals surface area contributed by atoms with Crippen LogP contribution in [0.5, 0.6) is 0 Å². The molecule has 0 aliphatic heterocycles. The van der Waals surface area contributed by atoms with E-state index in [0.29, 0.717) is 16.0 Å². The van der Waals surface area contributed by atoms with Crippen LogP contribution < -0.4 is 0 Å². The zero-order chi connectivity index (χ0) is 14.0. The minimum Gasteiger partial charge on any atom is -0.0827 e. The standard InChI is InChI=1S/C17H18Cl2/c1-17(2,3)16(12-7-5-4-6-8-12)13-9-10-14(18)15(19)11-13/h4-11,16H,1-3H3. The summed E-state index contributed by atoms with van der Waals surface area (Å²) in [7, 11) is 0. The zero-order valence-electron chi connectivity index (χ0n) is 11.5. The van der Waals surface area contributed by atoms with Gasteiger partial charge in [-0.05, 0) is 28.7 Å². The molecular weight excluding hydrogens is 275 g/mol. The normalized spacial score (nSPS) is 13.3. The van der Waals surface area contributed by atoms with Crippen molar-refractivity contribution in [2.24, 2.45) is 5.41 Å². The van der Waals surface area contributed by atoms with E-state index in [-0.39, 0.29) is 5.41 Å². The van der Waals surface area contributed by atoms with E-state index in [1.807, 2.05) is 18.2 Å². The van der Waals surface area contributed by atoms with E-state index in [2.05, 4.69) is 51.1 Å². The van der Waals surface area contributed by atoms with E-state index in [1.165, 1.54) is 11.1 Å². The summed E-state index contributed by atoms with van der Waals surface area (Å²) in [6, 6.07) is 16.4. The molecule has 0 N–H and O–H groups in total. The highest BCUT2D eigenvalue weighted by Gasteiger charge is 2.28. The van der Waals surface area contributed by atoms with E-state index < -0.39 is 0 Å². The highest BCUT2D eigenvalue weighted by atomic mass is 35.5. The van der Waals surface area contributed by atoms with Gasteiger partial charge in [0.2, 0.25) is 0 Å². The summed E-state index contributed by atoms with van der Waals surface area (Å²) in [4.78, 5) is 0. The molecule has 0 aliphatic carbocycles. The molecule has 0 saturated heterocycles. The van der Waals surface area contributed by atoms with Gasteiger partial charge in [0.1, 0.15) is 0 Å². The van der Waals surface area contributed by atoms with Crippen LogP contribution in [0.15, 0.2) is 48.5 Å². The van der Waals surface area contributed by atoms with E-state index in [1.54, 1.807) is 0 Å². The Labute approximate surface area is 125 Å². The molecule has 2 heteroatoms. The van der Waals surface area contributed by atoms with Gasteiger partial charge < -0.3 is 0 Å². The molecule has 0 spiro atoms. The van der Waals surface area contributed by atoms with Crippen molar-refractivity contribution in [3.05, 3.63) is 69.7 Å². The van der Waals surface area contributed by atoms with Crippen molar-refractivity contribution in [3.8, 4) is 0 Å². The number of halogens is 2. The fourth-order valence-corrected chi connectivity index (χ4v) is 2.84. The number of hydrogen-bond acceptors (Lipinski definition) is 0. The first-order valence-corrected chi connectivity index (χ1v) is 7.15. The average Bonchev–Trinajstić information content (AvgIpc) is 2.34. The Kier molecular flexibility index (Phi) is 4.23. The number of hydrogen-bond donors (Lipinski definition) is 0. The van der Waals surface area contributed by atoms with Crippen molar-refractivity contribution >= 4 is 23.2 Å². The number of benzene rings is 2. The summed E-state index contributed by atoms with van der Waals surface area (Å²) < 4.78 is 0. The molecule has 0 radical (unpaired) electrons. The summed E-state index contributed by atoms with van der Waals surface area (Å²) in [5, 5.41) is 1.22. The second-order valence-electron chi connectivity index (χ2n) is 5.88. The van der Waals surface area contributed by atoms with Crippen LogP contribution in [0.2, 0.25) is 10.0 Å². The summed E-state index contributed by atoms with van der Waals surface area (Å²) >= 11 is 12.2. The lowest BCUT2D eigenvalue weighted by Gasteiger charge is -2.32. The largest absolute Gasteiger partial charge is 0.0827 e. The third-order valence-corrected chi connectivity index (χ3v) is 4.01. The first-order valence-electron chi connectivity index (χ1n) is 6.39. The Morgan fingerprint density at radius 3 is 1.95 bits per heavy atom. The van der Waals surface area contributed by atoms with Crippen molar-refractivity contribution in [1.82, 2.24) is 0 Å². The predicted molar refractivity (Wildman–Crippen MR) is 84.2 cm³/mol. The highest BCUT2D eigenvalue weighted by Crippen LogP contribution is 2.41. The van der Waals surface area contributed by atoms with Gasteiger partial charge in [-0.3, -0.25) is 0 Å². The molecule has 19 heavy (non-hydrogen) atoms. The summed E-state index contributed by atoms with van der Waals surface area (Å²) in [6.07, 6.45) is 0. The lowest BCUT2D eigenvalue weighted by Crippen LogP contribution is -2.19. The maximum absolute atomic E-state index is 6.16. The minimum atomic E-state index is 0.110.